The third-order valence-corrected chi connectivity index (χ3v) is 6.05. The molecule has 0 spiro atoms. The van der Waals surface area contributed by atoms with Gasteiger partial charge in [0.15, 0.2) is 0 Å². The van der Waals surface area contributed by atoms with E-state index in [0.717, 1.165) is 23.0 Å². The number of nitrogens with one attached hydrogen (secondary N) is 2. The lowest BCUT2D eigenvalue weighted by molar-refractivity contribution is 0.102. The third kappa shape index (κ3) is 5.23. The van der Waals surface area contributed by atoms with Crippen LogP contribution in [0, 0.1) is 0 Å². The molecular formula is C19H21BrN2O2S. The van der Waals surface area contributed by atoms with Crippen LogP contribution in [-0.4, -0.2) is 16.2 Å². The first kappa shape index (κ1) is 18.3. The van der Waals surface area contributed by atoms with Gasteiger partial charge >= 0.3 is 0 Å². The molecule has 6 heteroatoms. The summed E-state index contributed by atoms with van der Waals surface area (Å²) in [5.41, 5.74) is 1.22. The number of amides is 1. The molecule has 0 bridgehead atoms. The van der Waals surface area contributed by atoms with Gasteiger partial charge in [0.2, 0.25) is 0 Å². The van der Waals surface area contributed by atoms with Gasteiger partial charge in [-0.25, -0.2) is 8.93 Å². The predicted molar refractivity (Wildman–Crippen MR) is 105 cm³/mol. The van der Waals surface area contributed by atoms with E-state index in [4.69, 9.17) is 0 Å². The number of benzene rings is 2. The molecule has 1 atom stereocenters. The summed E-state index contributed by atoms with van der Waals surface area (Å²) in [5, 5.41) is 2.85. The van der Waals surface area contributed by atoms with Crippen molar-refractivity contribution in [1.82, 2.24) is 4.72 Å². The number of halogens is 1. The van der Waals surface area contributed by atoms with Crippen molar-refractivity contribution in [2.75, 3.05) is 5.32 Å². The second kappa shape index (κ2) is 8.74. The van der Waals surface area contributed by atoms with E-state index in [0.29, 0.717) is 16.5 Å². The quantitative estimate of drug-likeness (QED) is 0.739. The summed E-state index contributed by atoms with van der Waals surface area (Å²) < 4.78 is 16.7. The van der Waals surface area contributed by atoms with Gasteiger partial charge in [-0.2, -0.15) is 0 Å². The summed E-state index contributed by atoms with van der Waals surface area (Å²) in [4.78, 5) is 13.1. The molecule has 25 heavy (non-hydrogen) atoms. The molecule has 3 rings (SSSR count). The zero-order valence-electron chi connectivity index (χ0n) is 13.8. The van der Waals surface area contributed by atoms with Crippen molar-refractivity contribution < 1.29 is 9.00 Å². The Labute approximate surface area is 159 Å². The lowest BCUT2D eigenvalue weighted by Crippen LogP contribution is -2.32. The average molecular weight is 421 g/mol. The molecular weight excluding hydrogens is 400 g/mol. The summed E-state index contributed by atoms with van der Waals surface area (Å²) in [6, 6.07) is 14.7. The number of anilines is 1. The van der Waals surface area contributed by atoms with Gasteiger partial charge in [-0.15, -0.1) is 0 Å². The van der Waals surface area contributed by atoms with Gasteiger partial charge in [-0.3, -0.25) is 4.79 Å². The molecule has 4 nitrogen and oxygen atoms in total. The summed E-state index contributed by atoms with van der Waals surface area (Å²) in [6.07, 6.45) is 5.76. The van der Waals surface area contributed by atoms with Crippen LogP contribution >= 0.6 is 15.9 Å². The number of carbonyl (C=O) groups is 1. The Morgan fingerprint density at radius 2 is 1.76 bits per heavy atom. The Kier molecular flexibility index (Phi) is 6.39. The molecule has 132 valence electrons. The predicted octanol–water partition coefficient (Wildman–Crippen LogP) is 4.65. The normalized spacial score (nSPS) is 16.4. The Hall–Kier alpha value is -1.50. The number of rotatable bonds is 5. The molecule has 0 radical (unpaired) electrons. The van der Waals surface area contributed by atoms with Crippen LogP contribution in [0.25, 0.3) is 0 Å². The zero-order chi connectivity index (χ0) is 17.6. The molecule has 1 aliphatic rings. The summed E-state index contributed by atoms with van der Waals surface area (Å²) in [6.45, 7) is 0. The molecule has 1 unspecified atom stereocenters. The third-order valence-electron chi connectivity index (χ3n) is 4.29. The number of hydrogen-bond donors (Lipinski definition) is 2. The highest BCUT2D eigenvalue weighted by Gasteiger charge is 2.17. The molecule has 0 saturated heterocycles. The van der Waals surface area contributed by atoms with Crippen LogP contribution in [-0.2, 0) is 11.0 Å². The van der Waals surface area contributed by atoms with Gasteiger partial charge in [0, 0.05) is 21.8 Å². The fourth-order valence-corrected chi connectivity index (χ4v) is 4.30. The molecule has 2 N–H and O–H groups in total. The first-order valence-corrected chi connectivity index (χ1v) is 10.4. The largest absolute Gasteiger partial charge is 0.322 e. The van der Waals surface area contributed by atoms with Gasteiger partial charge in [0.25, 0.3) is 5.91 Å². The van der Waals surface area contributed by atoms with Crippen molar-refractivity contribution in [1.29, 1.82) is 0 Å². The Morgan fingerprint density at radius 1 is 1.04 bits per heavy atom. The summed E-state index contributed by atoms with van der Waals surface area (Å²) in [5.74, 6) is -0.209. The van der Waals surface area contributed by atoms with Crippen molar-refractivity contribution in [3.8, 4) is 0 Å². The molecule has 0 heterocycles. The number of hydrogen-bond acceptors (Lipinski definition) is 2. The summed E-state index contributed by atoms with van der Waals surface area (Å²) in [7, 11) is -1.29. The first-order valence-electron chi connectivity index (χ1n) is 8.47. The van der Waals surface area contributed by atoms with E-state index in [2.05, 4.69) is 26.0 Å². The van der Waals surface area contributed by atoms with Gasteiger partial charge in [0.1, 0.15) is 11.0 Å². The van der Waals surface area contributed by atoms with Gasteiger partial charge in [0.05, 0.1) is 4.90 Å². The fourth-order valence-electron chi connectivity index (χ4n) is 2.93. The van der Waals surface area contributed by atoms with E-state index in [1.807, 2.05) is 24.3 Å². The minimum absolute atomic E-state index is 0.209. The molecule has 2 aromatic carbocycles. The first-order chi connectivity index (χ1) is 12.1. The number of carbonyl (C=O) groups excluding carboxylic acids is 1. The van der Waals surface area contributed by atoms with Crippen molar-refractivity contribution in [2.45, 2.75) is 43.0 Å². The summed E-state index contributed by atoms with van der Waals surface area (Å²) >= 11 is 3.37. The van der Waals surface area contributed by atoms with E-state index >= 15 is 0 Å². The van der Waals surface area contributed by atoms with Crippen LogP contribution in [0.5, 0.6) is 0 Å². The lowest BCUT2D eigenvalue weighted by Gasteiger charge is -2.22. The molecule has 1 aliphatic carbocycles. The zero-order valence-corrected chi connectivity index (χ0v) is 16.2. The van der Waals surface area contributed by atoms with E-state index in [-0.39, 0.29) is 5.91 Å². The Bertz CT molecular complexity index is 758. The van der Waals surface area contributed by atoms with E-state index in [1.165, 1.54) is 19.3 Å². The molecule has 0 aliphatic heterocycles. The fraction of sp³-hybridized carbons (Fsp3) is 0.316. The van der Waals surface area contributed by atoms with Crippen molar-refractivity contribution in [3.05, 3.63) is 58.6 Å². The topological polar surface area (TPSA) is 58.2 Å². The van der Waals surface area contributed by atoms with Crippen LogP contribution in [0.2, 0.25) is 0 Å². The highest BCUT2D eigenvalue weighted by atomic mass is 79.9. The Balaban J connectivity index is 1.66. The van der Waals surface area contributed by atoms with Crippen molar-refractivity contribution in [2.24, 2.45) is 0 Å². The highest BCUT2D eigenvalue weighted by Crippen LogP contribution is 2.20. The van der Waals surface area contributed by atoms with E-state index in [9.17, 15) is 9.00 Å². The van der Waals surface area contributed by atoms with Crippen LogP contribution in [0.4, 0.5) is 5.69 Å². The minimum Gasteiger partial charge on any atom is -0.322 e. The monoisotopic (exact) mass is 420 g/mol. The van der Waals surface area contributed by atoms with Gasteiger partial charge < -0.3 is 5.32 Å². The second-order valence-electron chi connectivity index (χ2n) is 6.21. The standard InChI is InChI=1S/C19H21BrN2O2S/c20-15-9-11-16(12-10-15)21-19(23)14-5-4-8-18(13-14)25(24)22-17-6-2-1-3-7-17/h4-5,8-13,17,22H,1-3,6-7H2,(H,21,23). The van der Waals surface area contributed by atoms with Crippen LogP contribution < -0.4 is 10.0 Å². The molecule has 1 fully saturated rings. The SMILES string of the molecule is O=C(Nc1ccc(Br)cc1)c1cccc(S(=O)NC2CCCCC2)c1. The van der Waals surface area contributed by atoms with E-state index in [1.54, 1.807) is 24.3 Å². The molecule has 1 amide bonds. The second-order valence-corrected chi connectivity index (χ2v) is 8.37. The maximum atomic E-state index is 12.5. The maximum Gasteiger partial charge on any atom is 0.255 e. The minimum atomic E-state index is -1.29. The maximum absolute atomic E-state index is 12.5. The van der Waals surface area contributed by atoms with Crippen LogP contribution in [0.15, 0.2) is 57.9 Å². The molecule has 2 aromatic rings. The van der Waals surface area contributed by atoms with Crippen LogP contribution in [0.1, 0.15) is 42.5 Å². The average Bonchev–Trinajstić information content (AvgIpc) is 2.64. The van der Waals surface area contributed by atoms with E-state index < -0.39 is 11.0 Å². The lowest BCUT2D eigenvalue weighted by atomic mass is 9.96. The molecule has 1 saturated carbocycles. The van der Waals surface area contributed by atoms with Crippen molar-refractivity contribution >= 4 is 38.5 Å². The van der Waals surface area contributed by atoms with Gasteiger partial charge in [-0.1, -0.05) is 41.3 Å². The van der Waals surface area contributed by atoms with Crippen molar-refractivity contribution in [3.63, 3.8) is 0 Å². The molecule has 0 aromatic heterocycles. The van der Waals surface area contributed by atoms with Crippen LogP contribution in [0.3, 0.4) is 0 Å². The smallest absolute Gasteiger partial charge is 0.255 e. The Morgan fingerprint density at radius 3 is 2.48 bits per heavy atom. The highest BCUT2D eigenvalue weighted by molar-refractivity contribution is 9.10. The van der Waals surface area contributed by atoms with Gasteiger partial charge in [-0.05, 0) is 55.3 Å².